The Labute approximate surface area is 191 Å². The molecule has 2 aromatic rings. The smallest absolute Gasteiger partial charge is 0.373 e. The zero-order chi connectivity index (χ0) is 23.4. The second-order valence-corrected chi connectivity index (χ2v) is 7.35. The Kier molecular flexibility index (Phi) is 6.98. The van der Waals surface area contributed by atoms with Crippen LogP contribution in [0, 0.1) is 0 Å². The van der Waals surface area contributed by atoms with Gasteiger partial charge in [-0.3, -0.25) is 14.5 Å². The van der Waals surface area contributed by atoms with Crippen molar-refractivity contribution in [3.05, 3.63) is 51.5 Å². The molecule has 10 nitrogen and oxygen atoms in total. The maximum Gasteiger partial charge on any atom is 0.373 e. The average Bonchev–Trinajstić information content (AvgIpc) is 3.30. The van der Waals surface area contributed by atoms with E-state index in [0.29, 0.717) is 22.4 Å². The molecule has 0 spiro atoms. The second kappa shape index (κ2) is 9.69. The lowest BCUT2D eigenvalue weighted by atomic mass is 10.1. The first kappa shape index (κ1) is 23.1. The van der Waals surface area contributed by atoms with Gasteiger partial charge in [0, 0.05) is 6.92 Å². The Morgan fingerprint density at radius 2 is 2.00 bits per heavy atom. The molecule has 1 aliphatic rings. The summed E-state index contributed by atoms with van der Waals surface area (Å²) in [6.45, 7) is 3.20. The van der Waals surface area contributed by atoms with Gasteiger partial charge in [-0.15, -0.1) is 0 Å². The number of urea groups is 1. The molecule has 0 saturated carbocycles. The third kappa shape index (κ3) is 4.99. The van der Waals surface area contributed by atoms with Crippen LogP contribution in [0.1, 0.15) is 35.7 Å². The van der Waals surface area contributed by atoms with Crippen molar-refractivity contribution in [3.8, 4) is 11.5 Å². The molecule has 0 unspecified atom stereocenters. The highest BCUT2D eigenvalue weighted by Crippen LogP contribution is 2.37. The lowest BCUT2D eigenvalue weighted by molar-refractivity contribution is -0.132. The van der Waals surface area contributed by atoms with Crippen LogP contribution in [0.3, 0.4) is 0 Å². The number of nitrogens with zero attached hydrogens (tertiary/aromatic N) is 1. The van der Waals surface area contributed by atoms with E-state index in [1.54, 1.807) is 19.1 Å². The number of hydrogen-bond donors (Lipinski definition) is 1. The molecule has 2 heterocycles. The van der Waals surface area contributed by atoms with Crippen LogP contribution in [0.5, 0.6) is 11.5 Å². The summed E-state index contributed by atoms with van der Waals surface area (Å²) < 4.78 is 21.0. The standard InChI is InChI=1S/C21H19BrN2O8/c1-4-30-17-9-12(7-14(22)18(17)31-11(2)25)8-15-19(26)24(21(28)23-15)10-13-5-6-16(32-13)20(27)29-3/h5-9H,4,10H2,1-3H3,(H,23,28)/b15-8-. The van der Waals surface area contributed by atoms with Gasteiger partial charge >= 0.3 is 18.0 Å². The van der Waals surface area contributed by atoms with E-state index in [1.165, 1.54) is 32.2 Å². The fraction of sp³-hybridized carbons (Fsp3) is 0.238. The summed E-state index contributed by atoms with van der Waals surface area (Å²) in [7, 11) is 1.22. The van der Waals surface area contributed by atoms with Crippen LogP contribution < -0.4 is 14.8 Å². The summed E-state index contributed by atoms with van der Waals surface area (Å²) in [6, 6.07) is 5.43. The molecule has 3 amide bonds. The van der Waals surface area contributed by atoms with E-state index < -0.39 is 23.9 Å². The van der Waals surface area contributed by atoms with E-state index in [9.17, 15) is 19.2 Å². The summed E-state index contributed by atoms with van der Waals surface area (Å²) in [6.07, 6.45) is 1.47. The fourth-order valence-electron chi connectivity index (χ4n) is 2.89. The van der Waals surface area contributed by atoms with Gasteiger partial charge in [0.15, 0.2) is 11.5 Å². The second-order valence-electron chi connectivity index (χ2n) is 6.49. The van der Waals surface area contributed by atoms with Crippen molar-refractivity contribution in [3.63, 3.8) is 0 Å². The molecule has 168 valence electrons. The predicted molar refractivity (Wildman–Crippen MR) is 114 cm³/mol. The number of methoxy groups -OCH3 is 1. The third-order valence-corrected chi connectivity index (χ3v) is 4.80. The van der Waals surface area contributed by atoms with E-state index in [0.717, 1.165) is 4.90 Å². The molecular formula is C21H19BrN2O8. The first-order valence-corrected chi connectivity index (χ1v) is 10.2. The number of amides is 3. The molecule has 1 aliphatic heterocycles. The van der Waals surface area contributed by atoms with E-state index >= 15 is 0 Å². The van der Waals surface area contributed by atoms with Crippen LogP contribution in [-0.2, 0) is 20.9 Å². The SMILES string of the molecule is CCOc1cc(/C=C2\NC(=O)N(Cc3ccc(C(=O)OC)o3)C2=O)cc(Br)c1OC(C)=O. The fourth-order valence-corrected chi connectivity index (χ4v) is 3.43. The highest BCUT2D eigenvalue weighted by atomic mass is 79.9. The lowest BCUT2D eigenvalue weighted by Gasteiger charge is -2.12. The van der Waals surface area contributed by atoms with E-state index in [-0.39, 0.29) is 29.5 Å². The normalized spacial score (nSPS) is 14.5. The zero-order valence-corrected chi connectivity index (χ0v) is 19.0. The summed E-state index contributed by atoms with van der Waals surface area (Å²) >= 11 is 3.33. The van der Waals surface area contributed by atoms with E-state index in [2.05, 4.69) is 26.0 Å². The average molecular weight is 507 g/mol. The van der Waals surface area contributed by atoms with Gasteiger partial charge in [-0.05, 0) is 58.8 Å². The first-order chi connectivity index (χ1) is 15.2. The highest BCUT2D eigenvalue weighted by molar-refractivity contribution is 9.10. The molecule has 11 heteroatoms. The molecule has 0 atom stereocenters. The molecule has 1 N–H and O–H groups in total. The van der Waals surface area contributed by atoms with Gasteiger partial charge in [-0.1, -0.05) is 0 Å². The minimum Gasteiger partial charge on any atom is -0.490 e. The monoisotopic (exact) mass is 506 g/mol. The van der Waals surface area contributed by atoms with Gasteiger partial charge in [0.1, 0.15) is 11.5 Å². The first-order valence-electron chi connectivity index (χ1n) is 9.39. The number of benzene rings is 1. The van der Waals surface area contributed by atoms with E-state index in [1.807, 2.05) is 0 Å². The summed E-state index contributed by atoms with van der Waals surface area (Å²) in [4.78, 5) is 48.9. The van der Waals surface area contributed by atoms with Gasteiger partial charge in [0.25, 0.3) is 5.91 Å². The molecule has 0 bridgehead atoms. The number of carbonyl (C=O) groups excluding carboxylic acids is 4. The Hall–Kier alpha value is -3.60. The number of esters is 2. The largest absolute Gasteiger partial charge is 0.490 e. The maximum atomic E-state index is 12.8. The van der Waals surface area contributed by atoms with Gasteiger partial charge in [-0.25, -0.2) is 9.59 Å². The van der Waals surface area contributed by atoms with Crippen LogP contribution >= 0.6 is 15.9 Å². The van der Waals surface area contributed by atoms with Crippen LogP contribution in [0.25, 0.3) is 6.08 Å². The molecule has 1 aromatic carbocycles. The van der Waals surface area contributed by atoms with Crippen molar-refractivity contribution in [2.24, 2.45) is 0 Å². The summed E-state index contributed by atoms with van der Waals surface area (Å²) in [5.74, 6) is -1.05. The van der Waals surface area contributed by atoms with Gasteiger partial charge < -0.3 is 23.9 Å². The Morgan fingerprint density at radius 3 is 2.66 bits per heavy atom. The highest BCUT2D eigenvalue weighted by Gasteiger charge is 2.34. The molecule has 1 saturated heterocycles. The van der Waals surface area contributed by atoms with Crippen molar-refractivity contribution in [2.45, 2.75) is 20.4 Å². The van der Waals surface area contributed by atoms with Gasteiger partial charge in [-0.2, -0.15) is 0 Å². The third-order valence-electron chi connectivity index (χ3n) is 4.21. The number of ether oxygens (including phenoxy) is 3. The van der Waals surface area contributed by atoms with Crippen molar-refractivity contribution in [1.82, 2.24) is 10.2 Å². The number of hydrogen-bond acceptors (Lipinski definition) is 8. The Morgan fingerprint density at radius 1 is 1.25 bits per heavy atom. The molecule has 0 aliphatic carbocycles. The number of furan rings is 1. The number of carbonyl (C=O) groups is 4. The van der Waals surface area contributed by atoms with Crippen molar-refractivity contribution in [1.29, 1.82) is 0 Å². The van der Waals surface area contributed by atoms with Crippen molar-refractivity contribution >= 4 is 45.9 Å². The summed E-state index contributed by atoms with van der Waals surface area (Å²) in [5, 5.41) is 2.50. The molecule has 3 rings (SSSR count). The molecule has 0 radical (unpaired) electrons. The number of imide groups is 1. The number of rotatable bonds is 7. The van der Waals surface area contributed by atoms with Crippen LogP contribution in [0.4, 0.5) is 4.79 Å². The Bertz CT molecular complexity index is 1120. The maximum absolute atomic E-state index is 12.8. The number of nitrogens with one attached hydrogen (secondary N) is 1. The molecular weight excluding hydrogens is 488 g/mol. The molecule has 1 aromatic heterocycles. The minimum absolute atomic E-state index is 0.0318. The predicted octanol–water partition coefficient (Wildman–Crippen LogP) is 3.25. The lowest BCUT2D eigenvalue weighted by Crippen LogP contribution is -2.30. The zero-order valence-electron chi connectivity index (χ0n) is 17.4. The Balaban J connectivity index is 1.84. The van der Waals surface area contributed by atoms with E-state index in [4.69, 9.17) is 13.9 Å². The summed E-state index contributed by atoms with van der Waals surface area (Å²) in [5.41, 5.74) is 0.553. The van der Waals surface area contributed by atoms with Gasteiger partial charge in [0.05, 0.1) is 24.7 Å². The van der Waals surface area contributed by atoms with Crippen molar-refractivity contribution < 1.29 is 37.8 Å². The molecule has 1 fully saturated rings. The number of halogens is 1. The van der Waals surface area contributed by atoms with Crippen molar-refractivity contribution in [2.75, 3.05) is 13.7 Å². The topological polar surface area (TPSA) is 124 Å². The van der Waals surface area contributed by atoms with Gasteiger partial charge in [0.2, 0.25) is 5.76 Å². The quantitative estimate of drug-likeness (QED) is 0.262. The molecule has 32 heavy (non-hydrogen) atoms. The van der Waals surface area contributed by atoms with Crippen LogP contribution in [0.2, 0.25) is 0 Å². The minimum atomic E-state index is -0.665. The van der Waals surface area contributed by atoms with Crippen LogP contribution in [-0.4, -0.2) is 42.5 Å². The van der Waals surface area contributed by atoms with Crippen LogP contribution in [0.15, 0.2) is 38.9 Å².